The van der Waals surface area contributed by atoms with Crippen molar-refractivity contribution < 1.29 is 105 Å². The quantitative estimate of drug-likeness (QED) is 0.0361. The number of benzene rings is 4. The van der Waals surface area contributed by atoms with E-state index in [0.717, 1.165) is 63.8 Å². The molecule has 0 amide bonds. The zero-order chi connectivity index (χ0) is 59.3. The Kier molecular flexibility index (Phi) is 24.7. The first kappa shape index (κ1) is 63.6. The molecule has 3 saturated heterocycles. The summed E-state index contributed by atoms with van der Waals surface area (Å²) in [6, 6.07) is 37.8. The molecule has 0 radical (unpaired) electrons. The number of rotatable bonds is 28. The lowest BCUT2D eigenvalue weighted by molar-refractivity contribution is -0.384. The Morgan fingerprint density at radius 3 is 1.11 bits per heavy atom. The van der Waals surface area contributed by atoms with Gasteiger partial charge in [0.1, 0.15) is 62.0 Å². The predicted octanol–water partition coefficient (Wildman–Crippen LogP) is 5.96. The van der Waals surface area contributed by atoms with Gasteiger partial charge in [-0.2, -0.15) is 0 Å². The zero-order valence-electron chi connectivity index (χ0n) is 47.1. The van der Waals surface area contributed by atoms with Gasteiger partial charge in [0, 0.05) is 41.5 Å². The molecule has 3 heterocycles. The number of hydrogen-bond acceptors (Lipinski definition) is 22. The maximum absolute atomic E-state index is 13.5. The van der Waals surface area contributed by atoms with Gasteiger partial charge in [0.15, 0.2) is 43.3 Å². The fourth-order valence-corrected chi connectivity index (χ4v) is 9.61. The molecule has 0 spiro atoms. The summed E-state index contributed by atoms with van der Waals surface area (Å²) < 4.78 is 101. The van der Waals surface area contributed by atoms with E-state index in [1.165, 1.54) is 6.08 Å². The van der Waals surface area contributed by atoms with Gasteiger partial charge in [-0.05, 0) is 22.3 Å². The standard InChI is InChI=1S/C61H72O22/c1-8-29-69-59-57(77-41(6)66)54(75-39(4)64)51(48(79-59)35-70-37(2)62)83-61-58(78-42(7)67)55(76-40(5)65)52(49(81-61)36-71-38(3)63)82-60-56(74-33-46-27-19-12-20-28-46)53(73-32-45-25-17-11-18-26-45)50(72-31-44-23-15-10-16-24-44)47(80-60)34-68-30-43-21-13-9-14-22-43/h8-28,47-61H,1,29-36H2,2-7H3/t47-,48-,49-,50+,51-,52+,53+,54+,55+,56-,57-,58-,59-,60-,61+/m1/s1. The summed E-state index contributed by atoms with van der Waals surface area (Å²) in [6.45, 7) is 9.27. The van der Waals surface area contributed by atoms with Crippen molar-refractivity contribution in [3.05, 3.63) is 156 Å². The number of carbonyl (C=O) groups is 6. The molecule has 7 rings (SSSR count). The second kappa shape index (κ2) is 32.2. The predicted molar refractivity (Wildman–Crippen MR) is 289 cm³/mol. The third-order valence-electron chi connectivity index (χ3n) is 13.1. The molecule has 22 heteroatoms. The Morgan fingerprint density at radius 1 is 0.373 bits per heavy atom. The van der Waals surface area contributed by atoms with E-state index in [4.69, 9.17) is 75.8 Å². The molecule has 0 N–H and O–H groups in total. The second-order valence-electron chi connectivity index (χ2n) is 19.6. The minimum absolute atomic E-state index is 0.00675. The van der Waals surface area contributed by atoms with Gasteiger partial charge < -0.3 is 75.8 Å². The highest BCUT2D eigenvalue weighted by molar-refractivity contribution is 5.68. The molecule has 3 aliphatic heterocycles. The lowest BCUT2D eigenvalue weighted by Gasteiger charge is -2.51. The molecule has 15 atom stereocenters. The van der Waals surface area contributed by atoms with Crippen molar-refractivity contribution in [1.82, 2.24) is 0 Å². The molecule has 83 heavy (non-hydrogen) atoms. The van der Waals surface area contributed by atoms with Crippen molar-refractivity contribution in [2.45, 2.75) is 160 Å². The number of carbonyl (C=O) groups excluding carboxylic acids is 6. The molecule has 4 aromatic rings. The van der Waals surface area contributed by atoms with Crippen LogP contribution in [0.5, 0.6) is 0 Å². The highest BCUT2D eigenvalue weighted by Gasteiger charge is 2.59. The summed E-state index contributed by atoms with van der Waals surface area (Å²) in [5.74, 6) is -5.05. The third-order valence-corrected chi connectivity index (χ3v) is 13.1. The Hall–Kier alpha value is -6.96. The molecule has 0 unspecified atom stereocenters. The number of esters is 6. The first-order chi connectivity index (χ1) is 40.1. The summed E-state index contributed by atoms with van der Waals surface area (Å²) in [7, 11) is 0. The van der Waals surface area contributed by atoms with E-state index in [9.17, 15) is 28.8 Å². The summed E-state index contributed by atoms with van der Waals surface area (Å²) in [6.07, 6.45) is -20.5. The molecule has 3 aliphatic rings. The average molecular weight is 1160 g/mol. The van der Waals surface area contributed by atoms with Crippen LogP contribution in [0, 0.1) is 0 Å². The minimum Gasteiger partial charge on any atom is -0.463 e. The van der Waals surface area contributed by atoms with Crippen molar-refractivity contribution in [3.8, 4) is 0 Å². The first-order valence-electron chi connectivity index (χ1n) is 27.1. The van der Waals surface area contributed by atoms with Crippen LogP contribution in [0.1, 0.15) is 63.8 Å². The van der Waals surface area contributed by atoms with Gasteiger partial charge in [0.25, 0.3) is 0 Å². The van der Waals surface area contributed by atoms with E-state index in [0.29, 0.717) is 0 Å². The maximum Gasteiger partial charge on any atom is 0.303 e. The van der Waals surface area contributed by atoms with Gasteiger partial charge in [-0.15, -0.1) is 6.58 Å². The van der Waals surface area contributed by atoms with Crippen LogP contribution >= 0.6 is 0 Å². The smallest absolute Gasteiger partial charge is 0.303 e. The van der Waals surface area contributed by atoms with Crippen LogP contribution in [0.2, 0.25) is 0 Å². The lowest BCUT2D eigenvalue weighted by Crippen LogP contribution is -2.68. The number of hydrogen-bond donors (Lipinski definition) is 0. The number of ether oxygens (including phenoxy) is 16. The van der Waals surface area contributed by atoms with E-state index in [-0.39, 0.29) is 39.6 Å². The Labute approximate surface area is 481 Å². The molecule has 3 fully saturated rings. The molecule has 0 aliphatic carbocycles. The summed E-state index contributed by atoms with van der Waals surface area (Å²) in [5.41, 5.74) is 3.31. The SMILES string of the molecule is C=CCO[C@@H]1O[C@H](COC(C)=O)[C@@H](O[C@@H]2O[C@H](COC(C)=O)[C@H](O[C@H]3O[C@H](COCc4ccccc4)[C@H](OCc4ccccc4)[C@H](OCc4ccccc4)[C@H]3OCc3ccccc3)[C@H](OC(C)=O)[C@H]2OC(C)=O)[C@H](OC(C)=O)[C@H]1OC(C)=O. The van der Waals surface area contributed by atoms with Crippen molar-refractivity contribution in [3.63, 3.8) is 0 Å². The fourth-order valence-electron chi connectivity index (χ4n) is 9.61. The van der Waals surface area contributed by atoms with Crippen LogP contribution in [0.3, 0.4) is 0 Å². The third kappa shape index (κ3) is 19.3. The Balaban J connectivity index is 1.34. The second-order valence-corrected chi connectivity index (χ2v) is 19.6. The highest BCUT2D eigenvalue weighted by atomic mass is 16.8. The van der Waals surface area contributed by atoms with E-state index in [2.05, 4.69) is 6.58 Å². The van der Waals surface area contributed by atoms with Crippen molar-refractivity contribution in [2.75, 3.05) is 26.4 Å². The van der Waals surface area contributed by atoms with Gasteiger partial charge in [-0.25, -0.2) is 0 Å². The summed E-state index contributed by atoms with van der Waals surface area (Å²) in [5, 5.41) is 0. The molecular formula is C61H72O22. The minimum atomic E-state index is -1.88. The van der Waals surface area contributed by atoms with Gasteiger partial charge in [-0.3, -0.25) is 28.8 Å². The first-order valence-corrected chi connectivity index (χ1v) is 27.1. The van der Waals surface area contributed by atoms with Crippen LogP contribution in [0.15, 0.2) is 134 Å². The van der Waals surface area contributed by atoms with E-state index in [1.54, 1.807) is 0 Å². The van der Waals surface area contributed by atoms with Crippen LogP contribution in [-0.4, -0.2) is 154 Å². The van der Waals surface area contributed by atoms with E-state index < -0.39 is 141 Å². The van der Waals surface area contributed by atoms with Gasteiger partial charge >= 0.3 is 35.8 Å². The highest BCUT2D eigenvalue weighted by Crippen LogP contribution is 2.39. The van der Waals surface area contributed by atoms with Gasteiger partial charge in [-0.1, -0.05) is 127 Å². The van der Waals surface area contributed by atoms with Crippen LogP contribution in [-0.2, 0) is 131 Å². The molecule has 0 aromatic heterocycles. The summed E-state index contributed by atoms with van der Waals surface area (Å²) in [4.78, 5) is 77.7. The van der Waals surface area contributed by atoms with Gasteiger partial charge in [0.05, 0.1) is 39.6 Å². The molecule has 22 nitrogen and oxygen atoms in total. The van der Waals surface area contributed by atoms with Crippen LogP contribution in [0.25, 0.3) is 0 Å². The van der Waals surface area contributed by atoms with Crippen LogP contribution in [0.4, 0.5) is 0 Å². The maximum atomic E-state index is 13.5. The molecular weight excluding hydrogens is 1080 g/mol. The Morgan fingerprint density at radius 2 is 0.711 bits per heavy atom. The van der Waals surface area contributed by atoms with Crippen molar-refractivity contribution >= 4 is 35.8 Å². The monoisotopic (exact) mass is 1160 g/mol. The molecule has 448 valence electrons. The lowest BCUT2D eigenvalue weighted by atomic mass is 9.95. The normalized spacial score (nSPS) is 27.7. The Bertz CT molecular complexity index is 2680. The van der Waals surface area contributed by atoms with Crippen molar-refractivity contribution in [1.29, 1.82) is 0 Å². The average Bonchev–Trinajstić information content (AvgIpc) is 2.89. The fraction of sp³-hybridized carbons (Fsp3) is 0.475. The zero-order valence-corrected chi connectivity index (χ0v) is 47.1. The summed E-state index contributed by atoms with van der Waals surface area (Å²) >= 11 is 0. The van der Waals surface area contributed by atoms with E-state index in [1.807, 2.05) is 121 Å². The van der Waals surface area contributed by atoms with Gasteiger partial charge in [0.2, 0.25) is 0 Å². The topological polar surface area (TPSA) is 250 Å². The van der Waals surface area contributed by atoms with E-state index >= 15 is 0 Å². The molecule has 4 aromatic carbocycles. The largest absolute Gasteiger partial charge is 0.463 e. The molecule has 0 saturated carbocycles. The van der Waals surface area contributed by atoms with Crippen molar-refractivity contribution in [2.24, 2.45) is 0 Å². The van der Waals surface area contributed by atoms with Crippen LogP contribution < -0.4 is 0 Å². The molecule has 0 bridgehead atoms.